The second kappa shape index (κ2) is 7.67. The molecule has 124 valence electrons. The number of nitro groups is 1. The van der Waals surface area contributed by atoms with Gasteiger partial charge in [-0.1, -0.05) is 17.7 Å². The largest absolute Gasteiger partial charge is 0.270 e. The molecule has 0 spiro atoms. The second-order valence-electron chi connectivity index (χ2n) is 5.21. The van der Waals surface area contributed by atoms with Crippen LogP contribution in [0.4, 0.5) is 11.4 Å². The summed E-state index contributed by atoms with van der Waals surface area (Å²) >= 11 is 1.34. The number of aryl methyl sites for hydroxylation is 1. The Bertz CT molecular complexity index is 912. The molecule has 25 heavy (non-hydrogen) atoms. The van der Waals surface area contributed by atoms with Gasteiger partial charge in [0, 0.05) is 41.2 Å². The molecule has 1 aromatic heterocycles. The molecule has 0 fully saturated rings. The van der Waals surface area contributed by atoms with Gasteiger partial charge in [-0.2, -0.15) is 0 Å². The van der Waals surface area contributed by atoms with Crippen molar-refractivity contribution in [3.63, 3.8) is 0 Å². The molecule has 0 aliphatic carbocycles. The Morgan fingerprint density at radius 3 is 2.52 bits per heavy atom. The highest BCUT2D eigenvalue weighted by Crippen LogP contribution is 2.30. The van der Waals surface area contributed by atoms with Crippen molar-refractivity contribution in [2.24, 2.45) is 4.99 Å². The highest BCUT2D eigenvalue weighted by molar-refractivity contribution is 7.99. The minimum absolute atomic E-state index is 0.0173. The van der Waals surface area contributed by atoms with Crippen molar-refractivity contribution >= 4 is 29.4 Å². The predicted octanol–water partition coefficient (Wildman–Crippen LogP) is 4.60. The van der Waals surface area contributed by atoms with Gasteiger partial charge in [0.2, 0.25) is 0 Å². The fourth-order valence-electron chi connectivity index (χ4n) is 2.05. The number of aromatic nitrogens is 2. The van der Waals surface area contributed by atoms with E-state index in [-0.39, 0.29) is 5.69 Å². The van der Waals surface area contributed by atoms with Gasteiger partial charge in [0.25, 0.3) is 5.69 Å². The summed E-state index contributed by atoms with van der Waals surface area (Å²) in [6, 6.07) is 14.1. The quantitative estimate of drug-likeness (QED) is 0.291. The lowest BCUT2D eigenvalue weighted by Crippen LogP contribution is -1.93. The lowest BCUT2D eigenvalue weighted by molar-refractivity contribution is -0.384. The first-order valence-electron chi connectivity index (χ1n) is 7.46. The SMILES string of the molecule is Cc1ccc(N=Cc2cc([N+](=O)[O-])ccc2Sc2ncccn2)cc1. The molecule has 1 heterocycles. The lowest BCUT2D eigenvalue weighted by Gasteiger charge is -2.04. The van der Waals surface area contributed by atoms with Crippen LogP contribution in [0.15, 0.2) is 76.0 Å². The van der Waals surface area contributed by atoms with Crippen LogP contribution < -0.4 is 0 Å². The highest BCUT2D eigenvalue weighted by Gasteiger charge is 2.11. The van der Waals surface area contributed by atoms with Gasteiger partial charge in [-0.3, -0.25) is 15.1 Å². The van der Waals surface area contributed by atoms with E-state index in [2.05, 4.69) is 15.0 Å². The maximum atomic E-state index is 11.1. The van der Waals surface area contributed by atoms with Crippen LogP contribution >= 0.6 is 11.8 Å². The number of hydrogen-bond donors (Lipinski definition) is 0. The standard InChI is InChI=1S/C18H14N4O2S/c1-13-3-5-15(6-4-13)21-12-14-11-16(22(23)24)7-8-17(14)25-18-19-9-2-10-20-18/h2-12H,1H3. The monoisotopic (exact) mass is 350 g/mol. The van der Waals surface area contributed by atoms with Gasteiger partial charge in [0.05, 0.1) is 10.6 Å². The fourth-order valence-corrected chi connectivity index (χ4v) is 2.84. The lowest BCUT2D eigenvalue weighted by atomic mass is 10.2. The number of aliphatic imine (C=N–C) groups is 1. The van der Waals surface area contributed by atoms with E-state index in [1.54, 1.807) is 30.7 Å². The van der Waals surface area contributed by atoms with Crippen molar-refractivity contribution in [1.82, 2.24) is 9.97 Å². The van der Waals surface area contributed by atoms with E-state index >= 15 is 0 Å². The summed E-state index contributed by atoms with van der Waals surface area (Å²) in [5.74, 6) is 0. The summed E-state index contributed by atoms with van der Waals surface area (Å²) in [5.41, 5.74) is 2.59. The Hall–Kier alpha value is -3.06. The van der Waals surface area contributed by atoms with Crippen LogP contribution in [0, 0.1) is 17.0 Å². The Balaban J connectivity index is 1.94. The van der Waals surface area contributed by atoms with Crippen molar-refractivity contribution in [1.29, 1.82) is 0 Å². The third-order valence-corrected chi connectivity index (χ3v) is 4.32. The minimum Gasteiger partial charge on any atom is -0.258 e. The molecule has 6 nitrogen and oxygen atoms in total. The van der Waals surface area contributed by atoms with E-state index in [1.165, 1.54) is 23.9 Å². The number of benzene rings is 2. The molecule has 3 aromatic rings. The maximum absolute atomic E-state index is 11.1. The average molecular weight is 350 g/mol. The third-order valence-electron chi connectivity index (χ3n) is 3.33. The molecule has 0 amide bonds. The first-order chi connectivity index (χ1) is 12.1. The highest BCUT2D eigenvalue weighted by atomic mass is 32.2. The van der Waals surface area contributed by atoms with Crippen molar-refractivity contribution in [2.45, 2.75) is 17.0 Å². The van der Waals surface area contributed by atoms with Crippen molar-refractivity contribution in [3.05, 3.63) is 82.2 Å². The normalized spacial score (nSPS) is 10.9. The molecule has 0 N–H and O–H groups in total. The first kappa shape index (κ1) is 16.8. The molecule has 0 unspecified atom stereocenters. The van der Waals surface area contributed by atoms with Crippen molar-refractivity contribution in [3.8, 4) is 0 Å². The Labute approximate surface area is 148 Å². The molecule has 2 aromatic carbocycles. The molecule has 0 aliphatic heterocycles. The van der Waals surface area contributed by atoms with Crippen LogP contribution in [0.5, 0.6) is 0 Å². The molecule has 3 rings (SSSR count). The molecule has 0 saturated heterocycles. The molecule has 0 bridgehead atoms. The number of non-ortho nitro benzene ring substituents is 1. The van der Waals surface area contributed by atoms with Crippen LogP contribution in [0.25, 0.3) is 0 Å². The summed E-state index contributed by atoms with van der Waals surface area (Å²) in [6.45, 7) is 2.00. The zero-order valence-corrected chi connectivity index (χ0v) is 14.2. The van der Waals surface area contributed by atoms with Crippen LogP contribution in [0.3, 0.4) is 0 Å². The molecular weight excluding hydrogens is 336 g/mol. The number of nitrogens with zero attached hydrogens (tertiary/aromatic N) is 4. The van der Waals surface area contributed by atoms with Crippen LogP contribution in [-0.2, 0) is 0 Å². The molecular formula is C18H14N4O2S. The topological polar surface area (TPSA) is 81.3 Å². The summed E-state index contributed by atoms with van der Waals surface area (Å²) in [4.78, 5) is 24.2. The van der Waals surface area contributed by atoms with Gasteiger partial charge < -0.3 is 0 Å². The van der Waals surface area contributed by atoms with E-state index in [0.717, 1.165) is 16.1 Å². The molecule has 0 radical (unpaired) electrons. The van der Waals surface area contributed by atoms with Crippen molar-refractivity contribution in [2.75, 3.05) is 0 Å². The molecule has 0 saturated carbocycles. The minimum atomic E-state index is -0.420. The van der Waals surface area contributed by atoms with Gasteiger partial charge in [-0.15, -0.1) is 0 Å². The Kier molecular flexibility index (Phi) is 5.15. The maximum Gasteiger partial charge on any atom is 0.270 e. The zero-order chi connectivity index (χ0) is 17.6. The Morgan fingerprint density at radius 1 is 1.12 bits per heavy atom. The van der Waals surface area contributed by atoms with E-state index in [4.69, 9.17) is 0 Å². The number of rotatable bonds is 5. The van der Waals surface area contributed by atoms with Crippen LogP contribution in [0.2, 0.25) is 0 Å². The summed E-state index contributed by atoms with van der Waals surface area (Å²) in [6.07, 6.45) is 4.94. The van der Waals surface area contributed by atoms with Gasteiger partial charge in [0.1, 0.15) is 0 Å². The van der Waals surface area contributed by atoms with Gasteiger partial charge in [-0.05, 0) is 43.0 Å². The number of nitro benzene ring substituents is 1. The summed E-state index contributed by atoms with van der Waals surface area (Å²) in [7, 11) is 0. The molecule has 7 heteroatoms. The van der Waals surface area contributed by atoms with Gasteiger partial charge >= 0.3 is 0 Å². The first-order valence-corrected chi connectivity index (χ1v) is 8.27. The average Bonchev–Trinajstić information content (AvgIpc) is 2.63. The van der Waals surface area contributed by atoms with Gasteiger partial charge in [0.15, 0.2) is 5.16 Å². The smallest absolute Gasteiger partial charge is 0.258 e. The molecule has 0 aliphatic rings. The third kappa shape index (κ3) is 4.48. The van der Waals surface area contributed by atoms with E-state index < -0.39 is 4.92 Å². The zero-order valence-electron chi connectivity index (χ0n) is 13.4. The molecule has 0 atom stereocenters. The van der Waals surface area contributed by atoms with Crippen molar-refractivity contribution < 1.29 is 4.92 Å². The fraction of sp³-hybridized carbons (Fsp3) is 0.0556. The van der Waals surface area contributed by atoms with Crippen LogP contribution in [-0.4, -0.2) is 21.1 Å². The number of hydrogen-bond acceptors (Lipinski definition) is 6. The van der Waals surface area contributed by atoms with Crippen LogP contribution in [0.1, 0.15) is 11.1 Å². The second-order valence-corrected chi connectivity index (χ2v) is 6.22. The Morgan fingerprint density at radius 2 is 1.84 bits per heavy atom. The van der Waals surface area contributed by atoms with E-state index in [0.29, 0.717) is 10.7 Å². The van der Waals surface area contributed by atoms with E-state index in [1.807, 2.05) is 31.2 Å². The summed E-state index contributed by atoms with van der Waals surface area (Å²) < 4.78 is 0. The van der Waals surface area contributed by atoms with E-state index in [9.17, 15) is 10.1 Å². The summed E-state index contributed by atoms with van der Waals surface area (Å²) in [5, 5.41) is 11.6. The predicted molar refractivity (Wildman–Crippen MR) is 97.7 cm³/mol. The van der Waals surface area contributed by atoms with Gasteiger partial charge in [-0.25, -0.2) is 9.97 Å².